The maximum Gasteiger partial charge on any atom is 0.251 e. The van der Waals surface area contributed by atoms with E-state index in [0.717, 1.165) is 6.07 Å². The minimum Gasteiger partial charge on any atom is -0.348 e. The Labute approximate surface area is 132 Å². The minimum absolute atomic E-state index is 0.135. The van der Waals surface area contributed by atoms with Gasteiger partial charge in [-0.2, -0.15) is 0 Å². The van der Waals surface area contributed by atoms with Crippen LogP contribution in [0.5, 0.6) is 0 Å². The molecule has 1 unspecified atom stereocenters. The lowest BCUT2D eigenvalue weighted by Gasteiger charge is -2.14. The summed E-state index contributed by atoms with van der Waals surface area (Å²) in [6, 6.07) is 10.7. The highest BCUT2D eigenvalue weighted by Gasteiger charge is 2.12. The molecule has 2 aromatic carbocycles. The Morgan fingerprint density at radius 3 is 2.35 bits per heavy atom. The van der Waals surface area contributed by atoms with Gasteiger partial charge in [0.1, 0.15) is 11.6 Å². The van der Waals surface area contributed by atoms with Crippen molar-refractivity contribution >= 4 is 11.8 Å². The van der Waals surface area contributed by atoms with Crippen LogP contribution in [0.15, 0.2) is 48.5 Å². The number of rotatable bonds is 5. The molecule has 0 bridgehead atoms. The second-order valence-corrected chi connectivity index (χ2v) is 5.04. The second-order valence-electron chi connectivity index (χ2n) is 5.04. The van der Waals surface area contributed by atoms with Crippen LogP contribution in [-0.4, -0.2) is 18.4 Å². The van der Waals surface area contributed by atoms with Crippen molar-refractivity contribution in [2.45, 2.75) is 13.0 Å². The summed E-state index contributed by atoms with van der Waals surface area (Å²) in [6.07, 6.45) is 0. The molecule has 0 radical (unpaired) electrons. The van der Waals surface area contributed by atoms with Crippen LogP contribution in [0.25, 0.3) is 0 Å². The molecule has 0 aliphatic heterocycles. The van der Waals surface area contributed by atoms with Crippen molar-refractivity contribution in [3.8, 4) is 0 Å². The van der Waals surface area contributed by atoms with Crippen LogP contribution >= 0.6 is 0 Å². The highest BCUT2D eigenvalue weighted by Crippen LogP contribution is 2.13. The number of nitrogens with one attached hydrogen (secondary N) is 2. The highest BCUT2D eigenvalue weighted by atomic mass is 19.1. The van der Waals surface area contributed by atoms with Gasteiger partial charge in [-0.15, -0.1) is 0 Å². The summed E-state index contributed by atoms with van der Waals surface area (Å²) in [6.45, 7) is 1.45. The molecule has 6 heteroatoms. The van der Waals surface area contributed by atoms with Crippen molar-refractivity contribution in [1.29, 1.82) is 0 Å². The fraction of sp³-hybridized carbons (Fsp3) is 0.176. The molecule has 2 N–H and O–H groups in total. The number of carbonyl (C=O) groups is 2. The Morgan fingerprint density at radius 1 is 1.04 bits per heavy atom. The smallest absolute Gasteiger partial charge is 0.251 e. The van der Waals surface area contributed by atoms with Gasteiger partial charge in [-0.05, 0) is 42.8 Å². The fourth-order valence-electron chi connectivity index (χ4n) is 2.04. The van der Waals surface area contributed by atoms with Crippen LogP contribution in [0.4, 0.5) is 8.78 Å². The van der Waals surface area contributed by atoms with E-state index in [1.807, 2.05) is 0 Å². The molecule has 2 amide bonds. The lowest BCUT2D eigenvalue weighted by Crippen LogP contribution is -2.38. The largest absolute Gasteiger partial charge is 0.348 e. The van der Waals surface area contributed by atoms with Gasteiger partial charge in [-0.1, -0.05) is 18.2 Å². The highest BCUT2D eigenvalue weighted by molar-refractivity contribution is 5.96. The van der Waals surface area contributed by atoms with Crippen molar-refractivity contribution in [3.63, 3.8) is 0 Å². The maximum absolute atomic E-state index is 13.1. The van der Waals surface area contributed by atoms with Crippen LogP contribution in [0.1, 0.15) is 28.9 Å². The van der Waals surface area contributed by atoms with Gasteiger partial charge in [0.05, 0.1) is 12.6 Å². The summed E-state index contributed by atoms with van der Waals surface area (Å²) >= 11 is 0. The van der Waals surface area contributed by atoms with Gasteiger partial charge >= 0.3 is 0 Å². The number of hydrogen-bond acceptors (Lipinski definition) is 2. The molecule has 120 valence electrons. The standard InChI is InChI=1S/C17H16F2N2O2/c1-11(12-4-2-6-14(18)8-12)21-16(22)10-20-17(23)13-5-3-7-15(19)9-13/h2-9,11H,10H2,1H3,(H,20,23)(H,21,22). The summed E-state index contributed by atoms with van der Waals surface area (Å²) < 4.78 is 26.2. The van der Waals surface area contributed by atoms with E-state index in [9.17, 15) is 18.4 Å². The molecule has 0 spiro atoms. The number of carbonyl (C=O) groups excluding carboxylic acids is 2. The first-order valence-corrected chi connectivity index (χ1v) is 7.04. The molecular formula is C17H16F2N2O2. The van der Waals surface area contributed by atoms with Crippen molar-refractivity contribution in [3.05, 3.63) is 71.3 Å². The molecule has 0 aliphatic carbocycles. The van der Waals surface area contributed by atoms with Gasteiger partial charge in [0.25, 0.3) is 5.91 Å². The summed E-state index contributed by atoms with van der Waals surface area (Å²) in [4.78, 5) is 23.6. The zero-order valence-electron chi connectivity index (χ0n) is 12.5. The molecule has 4 nitrogen and oxygen atoms in total. The summed E-state index contributed by atoms with van der Waals surface area (Å²) in [5, 5.41) is 5.05. The zero-order valence-corrected chi connectivity index (χ0v) is 12.5. The van der Waals surface area contributed by atoms with Crippen molar-refractivity contribution in [1.82, 2.24) is 10.6 Å². The average molecular weight is 318 g/mol. The first kappa shape index (κ1) is 16.6. The monoisotopic (exact) mass is 318 g/mol. The van der Waals surface area contributed by atoms with Crippen molar-refractivity contribution < 1.29 is 18.4 Å². The van der Waals surface area contributed by atoms with E-state index in [0.29, 0.717) is 5.56 Å². The number of hydrogen-bond donors (Lipinski definition) is 2. The lowest BCUT2D eigenvalue weighted by atomic mass is 10.1. The lowest BCUT2D eigenvalue weighted by molar-refractivity contribution is -0.120. The second kappa shape index (κ2) is 7.49. The molecule has 2 rings (SSSR count). The SMILES string of the molecule is CC(NC(=O)CNC(=O)c1cccc(F)c1)c1cccc(F)c1. The summed E-state index contributed by atoms with van der Waals surface area (Å²) in [7, 11) is 0. The van der Waals surface area contributed by atoms with E-state index in [-0.39, 0.29) is 17.9 Å². The summed E-state index contributed by atoms with van der Waals surface area (Å²) in [5.41, 5.74) is 0.755. The Kier molecular flexibility index (Phi) is 5.41. The predicted molar refractivity (Wildman–Crippen MR) is 81.7 cm³/mol. The van der Waals surface area contributed by atoms with Crippen LogP contribution < -0.4 is 10.6 Å². The van der Waals surface area contributed by atoms with Crippen LogP contribution in [0.3, 0.4) is 0 Å². The molecule has 0 heterocycles. The van der Waals surface area contributed by atoms with E-state index in [1.54, 1.807) is 19.1 Å². The topological polar surface area (TPSA) is 58.2 Å². The van der Waals surface area contributed by atoms with E-state index in [1.165, 1.54) is 30.3 Å². The first-order chi connectivity index (χ1) is 11.0. The molecule has 23 heavy (non-hydrogen) atoms. The van der Waals surface area contributed by atoms with Gasteiger partial charge in [0, 0.05) is 5.56 Å². The normalized spacial score (nSPS) is 11.6. The van der Waals surface area contributed by atoms with E-state index in [4.69, 9.17) is 0 Å². The zero-order chi connectivity index (χ0) is 16.8. The Morgan fingerprint density at radius 2 is 1.70 bits per heavy atom. The third-order valence-electron chi connectivity index (χ3n) is 3.22. The quantitative estimate of drug-likeness (QED) is 0.890. The molecule has 1 atom stereocenters. The number of halogens is 2. The van der Waals surface area contributed by atoms with Gasteiger partial charge in [-0.3, -0.25) is 9.59 Å². The first-order valence-electron chi connectivity index (χ1n) is 7.04. The van der Waals surface area contributed by atoms with Crippen molar-refractivity contribution in [2.24, 2.45) is 0 Å². The number of amides is 2. The van der Waals surface area contributed by atoms with Gasteiger partial charge in [-0.25, -0.2) is 8.78 Å². The Bertz CT molecular complexity index is 719. The maximum atomic E-state index is 13.1. The van der Waals surface area contributed by atoms with Gasteiger partial charge < -0.3 is 10.6 Å². The predicted octanol–water partition coefficient (Wildman–Crippen LogP) is 2.57. The van der Waals surface area contributed by atoms with Crippen molar-refractivity contribution in [2.75, 3.05) is 6.54 Å². The van der Waals surface area contributed by atoms with Gasteiger partial charge in [0.2, 0.25) is 5.91 Å². The third-order valence-corrected chi connectivity index (χ3v) is 3.22. The fourth-order valence-corrected chi connectivity index (χ4v) is 2.04. The minimum atomic E-state index is -0.543. The molecule has 0 aliphatic rings. The van der Waals surface area contributed by atoms with E-state index < -0.39 is 23.7 Å². The third kappa shape index (κ3) is 4.88. The van der Waals surface area contributed by atoms with E-state index in [2.05, 4.69) is 10.6 Å². The Balaban J connectivity index is 1.86. The van der Waals surface area contributed by atoms with Crippen LogP contribution in [0.2, 0.25) is 0 Å². The molecule has 0 saturated carbocycles. The van der Waals surface area contributed by atoms with Crippen LogP contribution in [0, 0.1) is 11.6 Å². The average Bonchev–Trinajstić information content (AvgIpc) is 2.52. The summed E-state index contributed by atoms with van der Waals surface area (Å²) in [5.74, 6) is -1.88. The molecule has 0 fully saturated rings. The molecule has 0 aromatic heterocycles. The Hall–Kier alpha value is -2.76. The number of benzene rings is 2. The van der Waals surface area contributed by atoms with Crippen LogP contribution in [-0.2, 0) is 4.79 Å². The molecule has 2 aromatic rings. The van der Waals surface area contributed by atoms with Gasteiger partial charge in [0.15, 0.2) is 0 Å². The van der Waals surface area contributed by atoms with E-state index >= 15 is 0 Å². The molecule has 0 saturated heterocycles. The molecular weight excluding hydrogens is 302 g/mol.